The Morgan fingerprint density at radius 1 is 1.46 bits per heavy atom. The van der Waals surface area contributed by atoms with Crippen molar-refractivity contribution < 1.29 is 0 Å². The molecule has 0 aliphatic heterocycles. The second kappa shape index (κ2) is 3.06. The second-order valence-corrected chi connectivity index (χ2v) is 2.93. The summed E-state index contributed by atoms with van der Waals surface area (Å²) in [6.45, 7) is 0.605. The van der Waals surface area contributed by atoms with Gasteiger partial charge in [-0.05, 0) is 18.7 Å². The molecule has 0 saturated heterocycles. The van der Waals surface area contributed by atoms with Crippen molar-refractivity contribution in [1.29, 1.82) is 0 Å². The number of nitrogen functional groups attached to an aromatic ring is 1. The molecule has 0 spiro atoms. The van der Waals surface area contributed by atoms with E-state index in [9.17, 15) is 0 Å². The van der Waals surface area contributed by atoms with Gasteiger partial charge in [0.25, 0.3) is 0 Å². The van der Waals surface area contributed by atoms with Crippen molar-refractivity contribution in [2.75, 3.05) is 12.3 Å². The average molecular weight is 176 g/mol. The number of hydrogen-bond acceptors (Lipinski definition) is 3. The van der Waals surface area contributed by atoms with Gasteiger partial charge in [0.15, 0.2) is 0 Å². The molecule has 2 heterocycles. The van der Waals surface area contributed by atoms with Crippen LogP contribution >= 0.6 is 0 Å². The van der Waals surface area contributed by atoms with Gasteiger partial charge in [0.2, 0.25) is 0 Å². The maximum Gasteiger partial charge on any atom is 0.114 e. The number of nitrogens with two attached hydrogens (primary N) is 2. The summed E-state index contributed by atoms with van der Waals surface area (Å²) in [7, 11) is 0. The Balaban J connectivity index is 2.61. The highest BCUT2D eigenvalue weighted by Gasteiger charge is 2.03. The Morgan fingerprint density at radius 3 is 3.08 bits per heavy atom. The number of hydrogen-bond donors (Lipinski definition) is 2. The first-order valence-electron chi connectivity index (χ1n) is 4.23. The predicted molar refractivity (Wildman–Crippen MR) is 52.4 cm³/mol. The molecule has 2 rings (SSSR count). The number of anilines is 1. The summed E-state index contributed by atoms with van der Waals surface area (Å²) in [6, 6.07) is 3.77. The van der Waals surface area contributed by atoms with Gasteiger partial charge in [-0.2, -0.15) is 0 Å². The van der Waals surface area contributed by atoms with Crippen molar-refractivity contribution in [2.45, 2.75) is 6.42 Å². The standard InChI is InChI=1S/C9H12N4/c10-4-3-9-12-6-8-7(11)2-1-5-13(8)9/h1-2,5-6H,3-4,10-11H2. The Kier molecular flexibility index (Phi) is 1.90. The molecule has 0 bridgehead atoms. The van der Waals surface area contributed by atoms with Crippen LogP contribution in [0.1, 0.15) is 5.82 Å². The third-order valence-electron chi connectivity index (χ3n) is 2.05. The van der Waals surface area contributed by atoms with Crippen molar-refractivity contribution in [3.05, 3.63) is 30.4 Å². The van der Waals surface area contributed by atoms with E-state index in [1.165, 1.54) is 0 Å². The predicted octanol–water partition coefficient (Wildman–Crippen LogP) is 0.418. The minimum Gasteiger partial charge on any atom is -0.397 e. The van der Waals surface area contributed by atoms with Crippen molar-refractivity contribution in [3.8, 4) is 0 Å². The van der Waals surface area contributed by atoms with Crippen LogP contribution in [0.3, 0.4) is 0 Å². The van der Waals surface area contributed by atoms with Crippen molar-refractivity contribution >= 4 is 11.2 Å². The Labute approximate surface area is 76.2 Å². The van der Waals surface area contributed by atoms with Crippen molar-refractivity contribution in [2.24, 2.45) is 5.73 Å². The lowest BCUT2D eigenvalue weighted by Crippen LogP contribution is -2.06. The molecule has 4 N–H and O–H groups in total. The van der Waals surface area contributed by atoms with Gasteiger partial charge in [-0.1, -0.05) is 0 Å². The quantitative estimate of drug-likeness (QED) is 0.696. The third kappa shape index (κ3) is 1.25. The van der Waals surface area contributed by atoms with E-state index in [1.807, 2.05) is 22.7 Å². The van der Waals surface area contributed by atoms with E-state index in [-0.39, 0.29) is 0 Å². The zero-order chi connectivity index (χ0) is 9.26. The van der Waals surface area contributed by atoms with Crippen LogP contribution in [0.5, 0.6) is 0 Å². The first kappa shape index (κ1) is 8.07. The van der Waals surface area contributed by atoms with Gasteiger partial charge in [-0.15, -0.1) is 0 Å². The minimum atomic E-state index is 0.605. The molecule has 68 valence electrons. The summed E-state index contributed by atoms with van der Waals surface area (Å²) in [5.41, 5.74) is 12.9. The molecule has 2 aromatic rings. The lowest BCUT2D eigenvalue weighted by Gasteiger charge is -2.00. The van der Waals surface area contributed by atoms with E-state index in [2.05, 4.69) is 4.98 Å². The smallest absolute Gasteiger partial charge is 0.114 e. The molecular formula is C9H12N4. The molecule has 4 nitrogen and oxygen atoms in total. The molecule has 0 aliphatic rings. The molecule has 0 atom stereocenters. The Morgan fingerprint density at radius 2 is 2.31 bits per heavy atom. The monoisotopic (exact) mass is 176 g/mol. The molecule has 0 amide bonds. The number of pyridine rings is 1. The van der Waals surface area contributed by atoms with Crippen LogP contribution in [0.2, 0.25) is 0 Å². The summed E-state index contributed by atoms with van der Waals surface area (Å²) >= 11 is 0. The lowest BCUT2D eigenvalue weighted by atomic mass is 10.3. The molecule has 2 aromatic heterocycles. The Hall–Kier alpha value is -1.55. The molecule has 4 heteroatoms. The topological polar surface area (TPSA) is 69.3 Å². The molecule has 0 saturated carbocycles. The van der Waals surface area contributed by atoms with E-state index in [4.69, 9.17) is 11.5 Å². The average Bonchev–Trinajstić information content (AvgIpc) is 2.51. The second-order valence-electron chi connectivity index (χ2n) is 2.93. The highest BCUT2D eigenvalue weighted by atomic mass is 15.0. The number of fused-ring (bicyclic) bond motifs is 1. The largest absolute Gasteiger partial charge is 0.397 e. The Bertz CT molecular complexity index is 418. The molecular weight excluding hydrogens is 164 g/mol. The highest BCUT2D eigenvalue weighted by molar-refractivity contribution is 5.68. The zero-order valence-electron chi connectivity index (χ0n) is 7.27. The fraction of sp³-hybridized carbons (Fsp3) is 0.222. The van der Waals surface area contributed by atoms with Gasteiger partial charge in [-0.25, -0.2) is 4.98 Å². The number of imidazole rings is 1. The van der Waals surface area contributed by atoms with Gasteiger partial charge >= 0.3 is 0 Å². The van der Waals surface area contributed by atoms with Crippen LogP contribution in [0, 0.1) is 0 Å². The third-order valence-corrected chi connectivity index (χ3v) is 2.05. The van der Waals surface area contributed by atoms with E-state index in [0.29, 0.717) is 6.54 Å². The highest BCUT2D eigenvalue weighted by Crippen LogP contribution is 2.14. The summed E-state index contributed by atoms with van der Waals surface area (Å²) in [4.78, 5) is 4.25. The normalized spacial score (nSPS) is 10.8. The maximum absolute atomic E-state index is 5.77. The molecule has 13 heavy (non-hydrogen) atoms. The maximum atomic E-state index is 5.77. The van der Waals surface area contributed by atoms with Crippen LogP contribution in [-0.2, 0) is 6.42 Å². The van der Waals surface area contributed by atoms with Crippen LogP contribution in [0.15, 0.2) is 24.5 Å². The first-order valence-corrected chi connectivity index (χ1v) is 4.23. The molecule has 0 aliphatic carbocycles. The lowest BCUT2D eigenvalue weighted by molar-refractivity contribution is 0.863. The van der Waals surface area contributed by atoms with Crippen LogP contribution in [0.4, 0.5) is 5.69 Å². The number of nitrogens with zero attached hydrogens (tertiary/aromatic N) is 2. The van der Waals surface area contributed by atoms with E-state index >= 15 is 0 Å². The SMILES string of the molecule is NCCc1ncc2c(N)cccn12. The van der Waals surface area contributed by atoms with Crippen molar-refractivity contribution in [1.82, 2.24) is 9.38 Å². The summed E-state index contributed by atoms with van der Waals surface area (Å²) in [5, 5.41) is 0. The zero-order valence-corrected chi connectivity index (χ0v) is 7.27. The van der Waals surface area contributed by atoms with Crippen LogP contribution in [-0.4, -0.2) is 15.9 Å². The van der Waals surface area contributed by atoms with Gasteiger partial charge in [0.1, 0.15) is 5.82 Å². The molecule has 0 aromatic carbocycles. The van der Waals surface area contributed by atoms with E-state index < -0.39 is 0 Å². The van der Waals surface area contributed by atoms with Crippen LogP contribution in [0.25, 0.3) is 5.52 Å². The first-order chi connectivity index (χ1) is 6.33. The molecule has 0 radical (unpaired) electrons. The summed E-state index contributed by atoms with van der Waals surface area (Å²) < 4.78 is 1.97. The number of aromatic nitrogens is 2. The van der Waals surface area contributed by atoms with Crippen molar-refractivity contribution in [3.63, 3.8) is 0 Å². The van der Waals surface area contributed by atoms with Gasteiger partial charge in [-0.3, -0.25) is 0 Å². The van der Waals surface area contributed by atoms with Crippen LogP contribution < -0.4 is 11.5 Å². The van der Waals surface area contributed by atoms with Gasteiger partial charge < -0.3 is 15.9 Å². The van der Waals surface area contributed by atoms with Gasteiger partial charge in [0, 0.05) is 12.6 Å². The molecule has 0 fully saturated rings. The van der Waals surface area contributed by atoms with E-state index in [0.717, 1.165) is 23.4 Å². The molecule has 0 unspecified atom stereocenters. The fourth-order valence-corrected chi connectivity index (χ4v) is 1.41. The van der Waals surface area contributed by atoms with Gasteiger partial charge in [0.05, 0.1) is 17.4 Å². The summed E-state index contributed by atoms with van der Waals surface area (Å²) in [5.74, 6) is 0.963. The summed E-state index contributed by atoms with van der Waals surface area (Å²) in [6.07, 6.45) is 4.50. The number of rotatable bonds is 2. The van der Waals surface area contributed by atoms with E-state index in [1.54, 1.807) is 6.20 Å². The fourth-order valence-electron chi connectivity index (χ4n) is 1.41. The minimum absolute atomic E-state index is 0.605.